The second kappa shape index (κ2) is 13.1. The van der Waals surface area contributed by atoms with Crippen molar-refractivity contribution in [3.63, 3.8) is 0 Å². The van der Waals surface area contributed by atoms with Gasteiger partial charge in [0, 0.05) is 43.9 Å². The summed E-state index contributed by atoms with van der Waals surface area (Å²) in [6.45, 7) is 7.25. The van der Waals surface area contributed by atoms with E-state index < -0.39 is 0 Å². The minimum atomic E-state index is -0.167. The molecule has 9 heteroatoms. The maximum Gasteiger partial charge on any atom is 0.254 e. The second-order valence-corrected chi connectivity index (χ2v) is 10.0. The van der Waals surface area contributed by atoms with Crippen LogP contribution in [0.5, 0.6) is 11.5 Å². The Morgan fingerprint density at radius 2 is 1.67 bits per heavy atom. The van der Waals surface area contributed by atoms with Gasteiger partial charge in [0.15, 0.2) is 5.82 Å². The largest absolute Gasteiger partial charge is 0.497 e. The molecule has 0 spiro atoms. The summed E-state index contributed by atoms with van der Waals surface area (Å²) < 4.78 is 10.5. The first-order chi connectivity index (χ1) is 18.9. The van der Waals surface area contributed by atoms with E-state index in [0.717, 1.165) is 35.8 Å². The van der Waals surface area contributed by atoms with Crippen LogP contribution in [0.4, 0.5) is 5.82 Å². The first-order valence-corrected chi connectivity index (χ1v) is 13.3. The van der Waals surface area contributed by atoms with Gasteiger partial charge in [0.25, 0.3) is 5.91 Å². The van der Waals surface area contributed by atoms with Gasteiger partial charge in [-0.15, -0.1) is 10.2 Å². The lowest BCUT2D eigenvalue weighted by molar-refractivity contribution is -0.131. The molecular formula is C30H37N5O4. The van der Waals surface area contributed by atoms with Gasteiger partial charge in [-0.05, 0) is 66.9 Å². The molecule has 1 fully saturated rings. The van der Waals surface area contributed by atoms with Crippen LogP contribution in [-0.2, 0) is 4.79 Å². The zero-order chi connectivity index (χ0) is 27.8. The standard InChI is InChI=1S/C30H37N5O4/c1-22(2)20-35(30(37)24-7-5-8-26(19-24)39-4)21-29(36)34-16-6-15-33(17-18-34)28-14-13-27(31-32-28)23-9-11-25(38-3)12-10-23/h5,7-14,19,22H,6,15-18,20-21H2,1-4H3. The van der Waals surface area contributed by atoms with Crippen LogP contribution >= 0.6 is 0 Å². The van der Waals surface area contributed by atoms with E-state index in [1.165, 1.54) is 0 Å². The molecule has 0 atom stereocenters. The van der Waals surface area contributed by atoms with Crippen LogP contribution in [0.3, 0.4) is 0 Å². The lowest BCUT2D eigenvalue weighted by Crippen LogP contribution is -2.45. The van der Waals surface area contributed by atoms with Crippen LogP contribution in [0.2, 0.25) is 0 Å². The maximum absolute atomic E-state index is 13.3. The maximum atomic E-state index is 13.3. The summed E-state index contributed by atoms with van der Waals surface area (Å²) in [5.74, 6) is 2.21. The number of aromatic nitrogens is 2. The monoisotopic (exact) mass is 531 g/mol. The van der Waals surface area contributed by atoms with Crippen molar-refractivity contribution in [1.29, 1.82) is 0 Å². The molecule has 0 unspecified atom stereocenters. The van der Waals surface area contributed by atoms with E-state index in [9.17, 15) is 9.59 Å². The van der Waals surface area contributed by atoms with Crippen molar-refractivity contribution in [3.05, 3.63) is 66.2 Å². The minimum absolute atomic E-state index is 0.0462. The molecule has 0 aliphatic carbocycles. The van der Waals surface area contributed by atoms with Crippen LogP contribution < -0.4 is 14.4 Å². The summed E-state index contributed by atoms with van der Waals surface area (Å²) in [5, 5.41) is 8.89. The number of hydrogen-bond acceptors (Lipinski definition) is 7. The van der Waals surface area contributed by atoms with Crippen molar-refractivity contribution in [2.45, 2.75) is 20.3 Å². The minimum Gasteiger partial charge on any atom is -0.497 e. The number of hydrogen-bond donors (Lipinski definition) is 0. The molecule has 1 aliphatic rings. The molecule has 206 valence electrons. The second-order valence-electron chi connectivity index (χ2n) is 10.0. The van der Waals surface area contributed by atoms with Crippen LogP contribution in [0, 0.1) is 5.92 Å². The van der Waals surface area contributed by atoms with Crippen molar-refractivity contribution in [1.82, 2.24) is 20.0 Å². The normalized spacial score (nSPS) is 13.7. The molecule has 4 rings (SSSR count). The summed E-state index contributed by atoms with van der Waals surface area (Å²) >= 11 is 0. The fraction of sp³-hybridized carbons (Fsp3) is 0.400. The summed E-state index contributed by atoms with van der Waals surface area (Å²) in [4.78, 5) is 32.3. The van der Waals surface area contributed by atoms with E-state index in [2.05, 4.69) is 15.1 Å². The molecule has 2 amide bonds. The van der Waals surface area contributed by atoms with E-state index in [1.54, 1.807) is 43.4 Å². The number of carbonyl (C=O) groups is 2. The molecule has 0 bridgehead atoms. The number of methoxy groups -OCH3 is 2. The molecule has 1 aromatic heterocycles. The molecule has 2 heterocycles. The van der Waals surface area contributed by atoms with E-state index >= 15 is 0 Å². The number of anilines is 1. The molecule has 3 aromatic rings. The number of nitrogens with zero attached hydrogens (tertiary/aromatic N) is 5. The van der Waals surface area contributed by atoms with Gasteiger partial charge in [0.2, 0.25) is 5.91 Å². The third-order valence-corrected chi connectivity index (χ3v) is 6.72. The van der Waals surface area contributed by atoms with Gasteiger partial charge >= 0.3 is 0 Å². The van der Waals surface area contributed by atoms with Gasteiger partial charge in [0.1, 0.15) is 18.0 Å². The zero-order valence-electron chi connectivity index (χ0n) is 23.2. The average Bonchev–Trinajstić information content (AvgIpc) is 3.23. The highest BCUT2D eigenvalue weighted by molar-refractivity contribution is 5.96. The Kier molecular flexibility index (Phi) is 9.35. The Hall–Kier alpha value is -4.14. The molecule has 0 N–H and O–H groups in total. The van der Waals surface area contributed by atoms with Crippen LogP contribution in [0.15, 0.2) is 60.7 Å². The SMILES string of the molecule is COc1ccc(-c2ccc(N3CCCN(C(=O)CN(CC(C)C)C(=O)c4cccc(OC)c4)CC3)nn2)cc1. The summed E-state index contributed by atoms with van der Waals surface area (Å²) in [7, 11) is 3.21. The molecule has 39 heavy (non-hydrogen) atoms. The highest BCUT2D eigenvalue weighted by atomic mass is 16.5. The Balaban J connectivity index is 1.38. The van der Waals surface area contributed by atoms with E-state index in [-0.39, 0.29) is 24.3 Å². The fourth-order valence-corrected chi connectivity index (χ4v) is 4.67. The predicted octanol–water partition coefficient (Wildman–Crippen LogP) is 4.00. The highest BCUT2D eigenvalue weighted by Crippen LogP contribution is 2.22. The third kappa shape index (κ3) is 7.25. The van der Waals surface area contributed by atoms with Gasteiger partial charge < -0.3 is 24.2 Å². The Morgan fingerprint density at radius 3 is 2.33 bits per heavy atom. The van der Waals surface area contributed by atoms with Gasteiger partial charge in [0.05, 0.1) is 19.9 Å². The van der Waals surface area contributed by atoms with Gasteiger partial charge in [-0.1, -0.05) is 19.9 Å². The first-order valence-electron chi connectivity index (χ1n) is 13.3. The van der Waals surface area contributed by atoms with Gasteiger partial charge in [-0.25, -0.2) is 0 Å². The Morgan fingerprint density at radius 1 is 0.897 bits per heavy atom. The quantitative estimate of drug-likeness (QED) is 0.412. The van der Waals surface area contributed by atoms with Crippen molar-refractivity contribution in [2.24, 2.45) is 5.92 Å². The number of carbonyl (C=O) groups excluding carboxylic acids is 2. The number of ether oxygens (including phenoxy) is 2. The van der Waals surface area contributed by atoms with Crippen LogP contribution in [0.1, 0.15) is 30.6 Å². The lowest BCUT2D eigenvalue weighted by atomic mass is 10.1. The highest BCUT2D eigenvalue weighted by Gasteiger charge is 2.25. The topological polar surface area (TPSA) is 88.1 Å². The van der Waals surface area contributed by atoms with E-state index in [1.807, 2.05) is 55.1 Å². The summed E-state index contributed by atoms with van der Waals surface area (Å²) in [5.41, 5.74) is 2.28. The summed E-state index contributed by atoms with van der Waals surface area (Å²) in [6.07, 6.45) is 0.807. The first kappa shape index (κ1) is 27.9. The number of amides is 2. The summed E-state index contributed by atoms with van der Waals surface area (Å²) in [6, 6.07) is 18.7. The predicted molar refractivity (Wildman–Crippen MR) is 151 cm³/mol. The Labute approximate surface area is 230 Å². The van der Waals surface area contributed by atoms with Crippen molar-refractivity contribution < 1.29 is 19.1 Å². The van der Waals surface area contributed by atoms with Crippen LogP contribution in [-0.4, -0.2) is 85.3 Å². The molecule has 0 saturated carbocycles. The molecular weight excluding hydrogens is 494 g/mol. The van der Waals surface area contributed by atoms with E-state index in [0.29, 0.717) is 37.5 Å². The molecule has 2 aromatic carbocycles. The smallest absolute Gasteiger partial charge is 0.254 e. The zero-order valence-corrected chi connectivity index (χ0v) is 23.2. The van der Waals surface area contributed by atoms with Crippen LogP contribution in [0.25, 0.3) is 11.3 Å². The Bertz CT molecular complexity index is 1250. The molecule has 1 aliphatic heterocycles. The molecule has 9 nitrogen and oxygen atoms in total. The molecule has 0 radical (unpaired) electrons. The fourth-order valence-electron chi connectivity index (χ4n) is 4.67. The number of rotatable bonds is 9. The molecule has 1 saturated heterocycles. The van der Waals surface area contributed by atoms with Crippen molar-refractivity contribution in [3.8, 4) is 22.8 Å². The van der Waals surface area contributed by atoms with Gasteiger partial charge in [-0.3, -0.25) is 9.59 Å². The lowest BCUT2D eigenvalue weighted by Gasteiger charge is -2.28. The number of benzene rings is 2. The van der Waals surface area contributed by atoms with Gasteiger partial charge in [-0.2, -0.15) is 0 Å². The third-order valence-electron chi connectivity index (χ3n) is 6.72. The van der Waals surface area contributed by atoms with E-state index in [4.69, 9.17) is 9.47 Å². The van der Waals surface area contributed by atoms with Crippen molar-refractivity contribution in [2.75, 3.05) is 58.4 Å². The van der Waals surface area contributed by atoms with Crippen molar-refractivity contribution >= 4 is 17.6 Å². The average molecular weight is 532 g/mol.